The Balaban J connectivity index is 2.34. The van der Waals surface area contributed by atoms with E-state index in [0.717, 1.165) is 12.1 Å². The van der Waals surface area contributed by atoms with E-state index in [1.54, 1.807) is 0 Å². The smallest absolute Gasteiger partial charge is 0.160 e. The second-order valence-electron chi connectivity index (χ2n) is 5.30. The lowest BCUT2D eigenvalue weighted by molar-refractivity contribution is 0.0489. The molecule has 0 amide bonds. The van der Waals surface area contributed by atoms with Gasteiger partial charge in [-0.1, -0.05) is 18.5 Å². The summed E-state index contributed by atoms with van der Waals surface area (Å²) in [6, 6.07) is 1.59. The van der Waals surface area contributed by atoms with Crippen LogP contribution in [-0.4, -0.2) is 12.2 Å². The highest BCUT2D eigenvalue weighted by atomic mass is 35.5. The Kier molecular flexibility index (Phi) is 4.14. The molecule has 1 aromatic carbocycles. The summed E-state index contributed by atoms with van der Waals surface area (Å²) in [5.41, 5.74) is 6.64. The van der Waals surface area contributed by atoms with Gasteiger partial charge in [-0.15, -0.1) is 0 Å². The van der Waals surface area contributed by atoms with Gasteiger partial charge >= 0.3 is 0 Å². The van der Waals surface area contributed by atoms with Gasteiger partial charge in [-0.3, -0.25) is 0 Å². The van der Waals surface area contributed by atoms with Crippen LogP contribution in [0.15, 0.2) is 12.1 Å². The zero-order chi connectivity index (χ0) is 14.3. The van der Waals surface area contributed by atoms with E-state index in [2.05, 4.69) is 0 Å². The largest absolute Gasteiger partial charge is 0.375 e. The van der Waals surface area contributed by atoms with Gasteiger partial charge in [-0.2, -0.15) is 0 Å². The zero-order valence-corrected chi connectivity index (χ0v) is 11.9. The molecule has 0 saturated carbocycles. The van der Waals surface area contributed by atoms with Crippen LogP contribution in [0.1, 0.15) is 32.4 Å². The molecule has 1 aromatic rings. The Morgan fingerprint density at radius 1 is 1.16 bits per heavy atom. The number of hydrogen-bond acceptors (Lipinski definition) is 2. The molecule has 2 rings (SSSR count). The van der Waals surface area contributed by atoms with E-state index in [9.17, 15) is 8.78 Å². The van der Waals surface area contributed by atoms with E-state index in [1.165, 1.54) is 0 Å². The second kappa shape index (κ2) is 5.35. The molecule has 2 nitrogen and oxygen atoms in total. The normalized spacial score (nSPS) is 32.6. The highest BCUT2D eigenvalue weighted by molar-refractivity contribution is 6.31. The molecule has 5 unspecified atom stereocenters. The van der Waals surface area contributed by atoms with Gasteiger partial charge in [0.1, 0.15) is 0 Å². The summed E-state index contributed by atoms with van der Waals surface area (Å²) in [5, 5.41) is 0.158. The second-order valence-corrected chi connectivity index (χ2v) is 5.70. The number of hydrogen-bond donors (Lipinski definition) is 1. The average molecular weight is 290 g/mol. The topological polar surface area (TPSA) is 35.2 Å². The highest BCUT2D eigenvalue weighted by Gasteiger charge is 2.41. The van der Waals surface area contributed by atoms with Crippen molar-refractivity contribution in [2.45, 2.75) is 39.0 Å². The standard InChI is InChI=1S/C14H18ClF2NO/c1-6-7(2)19-8(3)13(6)14(18)9-4-11(16)12(17)5-10(9)15/h4-8,13-14H,18H2,1-3H3. The maximum Gasteiger partial charge on any atom is 0.160 e. The van der Waals surface area contributed by atoms with Crippen LogP contribution >= 0.6 is 11.6 Å². The van der Waals surface area contributed by atoms with Crippen molar-refractivity contribution >= 4 is 11.6 Å². The van der Waals surface area contributed by atoms with Crippen molar-refractivity contribution in [3.8, 4) is 0 Å². The maximum absolute atomic E-state index is 13.4. The molecule has 5 atom stereocenters. The maximum atomic E-state index is 13.4. The molecule has 0 aliphatic carbocycles. The number of benzene rings is 1. The van der Waals surface area contributed by atoms with Crippen molar-refractivity contribution in [3.63, 3.8) is 0 Å². The fourth-order valence-electron chi connectivity index (χ4n) is 2.91. The van der Waals surface area contributed by atoms with E-state index in [4.69, 9.17) is 22.1 Å². The van der Waals surface area contributed by atoms with Crippen molar-refractivity contribution in [3.05, 3.63) is 34.4 Å². The molecule has 2 N–H and O–H groups in total. The van der Waals surface area contributed by atoms with E-state index in [-0.39, 0.29) is 29.1 Å². The molecular weight excluding hydrogens is 272 g/mol. The van der Waals surface area contributed by atoms with Crippen LogP contribution in [0.5, 0.6) is 0 Å². The molecule has 0 spiro atoms. The predicted molar refractivity (Wildman–Crippen MR) is 71.0 cm³/mol. The van der Waals surface area contributed by atoms with Gasteiger partial charge < -0.3 is 10.5 Å². The molecule has 0 radical (unpaired) electrons. The first kappa shape index (κ1) is 14.7. The lowest BCUT2D eigenvalue weighted by atomic mass is 9.81. The molecule has 1 saturated heterocycles. The van der Waals surface area contributed by atoms with E-state index in [1.807, 2.05) is 20.8 Å². The van der Waals surface area contributed by atoms with Gasteiger partial charge in [0, 0.05) is 17.0 Å². The van der Waals surface area contributed by atoms with E-state index in [0.29, 0.717) is 5.56 Å². The third kappa shape index (κ3) is 2.62. The molecule has 1 heterocycles. The lowest BCUT2D eigenvalue weighted by Crippen LogP contribution is -2.31. The minimum Gasteiger partial charge on any atom is -0.375 e. The average Bonchev–Trinajstić information content (AvgIpc) is 2.57. The van der Waals surface area contributed by atoms with Crippen molar-refractivity contribution in [2.75, 3.05) is 0 Å². The van der Waals surface area contributed by atoms with Crippen LogP contribution in [0, 0.1) is 23.5 Å². The lowest BCUT2D eigenvalue weighted by Gasteiger charge is -2.26. The van der Waals surface area contributed by atoms with Crippen LogP contribution in [0.3, 0.4) is 0 Å². The SMILES string of the molecule is CC1OC(C)C(C(N)c2cc(F)c(F)cc2Cl)C1C. The molecule has 5 heteroatoms. The van der Waals surface area contributed by atoms with Gasteiger partial charge in [-0.25, -0.2) is 8.78 Å². The van der Waals surface area contributed by atoms with Crippen LogP contribution in [0.25, 0.3) is 0 Å². The summed E-state index contributed by atoms with van der Waals surface area (Å²) in [6.07, 6.45) is 0.0549. The summed E-state index contributed by atoms with van der Waals surface area (Å²) in [5.74, 6) is -1.63. The van der Waals surface area contributed by atoms with E-state index >= 15 is 0 Å². The molecule has 0 bridgehead atoms. The highest BCUT2D eigenvalue weighted by Crippen LogP contribution is 2.41. The molecule has 1 aliphatic rings. The molecular formula is C14H18ClF2NO. The van der Waals surface area contributed by atoms with Crippen LogP contribution in [0.2, 0.25) is 5.02 Å². The van der Waals surface area contributed by atoms with Crippen molar-refractivity contribution in [1.82, 2.24) is 0 Å². The fraction of sp³-hybridized carbons (Fsp3) is 0.571. The number of halogens is 3. The molecule has 1 aliphatic heterocycles. The molecule has 0 aromatic heterocycles. The Hall–Kier alpha value is -0.710. The fourth-order valence-corrected chi connectivity index (χ4v) is 3.19. The summed E-state index contributed by atoms with van der Waals surface area (Å²) in [6.45, 7) is 5.98. The molecule has 106 valence electrons. The number of nitrogens with two attached hydrogens (primary N) is 1. The third-order valence-electron chi connectivity index (χ3n) is 4.13. The minimum absolute atomic E-state index is 0.0253. The van der Waals surface area contributed by atoms with Gasteiger partial charge in [0.05, 0.1) is 12.2 Å². The first-order chi connectivity index (χ1) is 8.82. The monoisotopic (exact) mass is 289 g/mol. The van der Waals surface area contributed by atoms with Gasteiger partial charge in [0.25, 0.3) is 0 Å². The van der Waals surface area contributed by atoms with Gasteiger partial charge in [0.2, 0.25) is 0 Å². The molecule has 1 fully saturated rings. The van der Waals surface area contributed by atoms with Crippen molar-refractivity contribution < 1.29 is 13.5 Å². The Morgan fingerprint density at radius 2 is 1.74 bits per heavy atom. The van der Waals surface area contributed by atoms with E-state index < -0.39 is 17.7 Å². The van der Waals surface area contributed by atoms with Crippen molar-refractivity contribution in [2.24, 2.45) is 17.6 Å². The molecule has 19 heavy (non-hydrogen) atoms. The summed E-state index contributed by atoms with van der Waals surface area (Å²) < 4.78 is 32.2. The summed E-state index contributed by atoms with van der Waals surface area (Å²) in [7, 11) is 0. The van der Waals surface area contributed by atoms with Gasteiger partial charge in [0.15, 0.2) is 11.6 Å². The summed E-state index contributed by atoms with van der Waals surface area (Å²) >= 11 is 5.98. The Labute approximate surface area is 116 Å². The van der Waals surface area contributed by atoms with Crippen molar-refractivity contribution in [1.29, 1.82) is 0 Å². The third-order valence-corrected chi connectivity index (χ3v) is 4.46. The minimum atomic E-state index is -0.960. The first-order valence-corrected chi connectivity index (χ1v) is 6.76. The number of rotatable bonds is 2. The quantitative estimate of drug-likeness (QED) is 0.843. The zero-order valence-electron chi connectivity index (χ0n) is 11.2. The Morgan fingerprint density at radius 3 is 2.26 bits per heavy atom. The Bertz CT molecular complexity index is 483. The predicted octanol–water partition coefficient (Wildman–Crippen LogP) is 3.68. The first-order valence-electron chi connectivity index (χ1n) is 6.38. The van der Waals surface area contributed by atoms with Crippen LogP contribution in [0.4, 0.5) is 8.78 Å². The van der Waals surface area contributed by atoms with Gasteiger partial charge in [-0.05, 0) is 37.5 Å². The summed E-state index contributed by atoms with van der Waals surface area (Å²) in [4.78, 5) is 0. The van der Waals surface area contributed by atoms with Crippen LogP contribution in [-0.2, 0) is 4.74 Å². The number of ether oxygens (including phenoxy) is 1. The van der Waals surface area contributed by atoms with Crippen LogP contribution < -0.4 is 5.73 Å².